The van der Waals surface area contributed by atoms with E-state index in [1.165, 1.54) is 6.33 Å². The number of hydrogen-bond donors (Lipinski definition) is 1. The molecule has 1 aliphatic heterocycles. The Bertz CT molecular complexity index is 531. The Labute approximate surface area is 129 Å². The number of likely N-dealkylation sites (tertiary alicyclic amines) is 1. The van der Waals surface area contributed by atoms with Gasteiger partial charge in [-0.1, -0.05) is 12.8 Å². The van der Waals surface area contributed by atoms with Crippen molar-refractivity contribution in [1.29, 1.82) is 0 Å². The Hall–Kier alpha value is -1.92. The van der Waals surface area contributed by atoms with Gasteiger partial charge in [-0.15, -0.1) is 0 Å². The minimum Gasteiger partial charge on any atom is -0.480 e. The summed E-state index contributed by atoms with van der Waals surface area (Å²) in [7, 11) is 0. The zero-order valence-corrected chi connectivity index (χ0v) is 12.6. The zero-order chi connectivity index (χ0) is 15.5. The van der Waals surface area contributed by atoms with Gasteiger partial charge in [-0.05, 0) is 31.6 Å². The van der Waals surface area contributed by atoms with E-state index in [0.717, 1.165) is 25.7 Å². The van der Waals surface area contributed by atoms with Crippen LogP contribution in [0.1, 0.15) is 44.9 Å². The molecule has 3 atom stereocenters. The van der Waals surface area contributed by atoms with Crippen molar-refractivity contribution in [2.45, 2.75) is 63.6 Å². The standard InChI is InChI=1S/C15H22N4O3/c20-14(6-3-7-18-10-16-9-17-18)19-12-5-2-1-4-11(12)8-13(19)15(21)22/h9-13H,1-8H2,(H,21,22)/t11-,12-,13-/m0/s1. The summed E-state index contributed by atoms with van der Waals surface area (Å²) in [4.78, 5) is 29.6. The second kappa shape index (κ2) is 6.46. The fraction of sp³-hybridized carbons (Fsp3) is 0.733. The average Bonchev–Trinajstić information content (AvgIpc) is 3.13. The number of carboxylic acid groups (broad SMARTS) is 1. The number of nitrogens with zero attached hydrogens (tertiary/aromatic N) is 4. The van der Waals surface area contributed by atoms with E-state index in [9.17, 15) is 14.7 Å². The summed E-state index contributed by atoms with van der Waals surface area (Å²) >= 11 is 0. The third-order valence-corrected chi connectivity index (χ3v) is 4.91. The maximum Gasteiger partial charge on any atom is 0.326 e. The smallest absolute Gasteiger partial charge is 0.326 e. The van der Waals surface area contributed by atoms with Gasteiger partial charge in [-0.3, -0.25) is 9.48 Å². The highest BCUT2D eigenvalue weighted by Crippen LogP contribution is 2.40. The second-order valence-corrected chi connectivity index (χ2v) is 6.26. The molecule has 2 aliphatic rings. The number of aryl methyl sites for hydroxylation is 1. The lowest BCUT2D eigenvalue weighted by Crippen LogP contribution is -2.46. The summed E-state index contributed by atoms with van der Waals surface area (Å²) in [5, 5.41) is 13.4. The minimum absolute atomic E-state index is 0.0260. The fourth-order valence-electron chi connectivity index (χ4n) is 3.91. The van der Waals surface area contributed by atoms with Crippen LogP contribution in [0.2, 0.25) is 0 Å². The van der Waals surface area contributed by atoms with E-state index >= 15 is 0 Å². The van der Waals surface area contributed by atoms with Gasteiger partial charge >= 0.3 is 5.97 Å². The number of amides is 1. The molecular formula is C15H22N4O3. The van der Waals surface area contributed by atoms with Gasteiger partial charge < -0.3 is 10.0 Å². The Morgan fingerprint density at radius 1 is 1.27 bits per heavy atom. The van der Waals surface area contributed by atoms with Gasteiger partial charge in [0.1, 0.15) is 18.7 Å². The van der Waals surface area contributed by atoms with Crippen LogP contribution in [0.3, 0.4) is 0 Å². The number of fused-ring (bicyclic) bond motifs is 1. The summed E-state index contributed by atoms with van der Waals surface area (Å²) in [5.41, 5.74) is 0. The number of rotatable bonds is 5. The highest BCUT2D eigenvalue weighted by molar-refractivity contribution is 5.84. The van der Waals surface area contributed by atoms with Crippen molar-refractivity contribution in [1.82, 2.24) is 19.7 Å². The molecule has 1 N–H and O–H groups in total. The van der Waals surface area contributed by atoms with E-state index in [2.05, 4.69) is 10.1 Å². The molecule has 1 saturated carbocycles. The second-order valence-electron chi connectivity index (χ2n) is 6.26. The van der Waals surface area contributed by atoms with E-state index in [0.29, 0.717) is 31.7 Å². The molecule has 1 aromatic rings. The first-order chi connectivity index (χ1) is 10.7. The van der Waals surface area contributed by atoms with Crippen LogP contribution in [0.25, 0.3) is 0 Å². The number of carboxylic acids is 1. The van der Waals surface area contributed by atoms with Gasteiger partial charge in [0.05, 0.1) is 0 Å². The first-order valence-corrected chi connectivity index (χ1v) is 8.03. The van der Waals surface area contributed by atoms with E-state index in [-0.39, 0.29) is 11.9 Å². The summed E-state index contributed by atoms with van der Waals surface area (Å²) in [6.45, 7) is 0.630. The predicted octanol–water partition coefficient (Wildman–Crippen LogP) is 1.30. The molecule has 7 heteroatoms. The van der Waals surface area contributed by atoms with Gasteiger partial charge in [0, 0.05) is 19.0 Å². The van der Waals surface area contributed by atoms with Crippen LogP contribution in [0.5, 0.6) is 0 Å². The lowest BCUT2D eigenvalue weighted by molar-refractivity contribution is -0.150. The van der Waals surface area contributed by atoms with Gasteiger partial charge in [-0.25, -0.2) is 9.78 Å². The molecule has 0 aromatic carbocycles. The maximum atomic E-state index is 12.6. The van der Waals surface area contributed by atoms with Gasteiger partial charge in [0.2, 0.25) is 5.91 Å². The van der Waals surface area contributed by atoms with Crippen LogP contribution < -0.4 is 0 Å². The molecule has 1 amide bonds. The molecule has 0 bridgehead atoms. The van der Waals surface area contributed by atoms with Crippen molar-refractivity contribution in [2.24, 2.45) is 5.92 Å². The molecule has 2 fully saturated rings. The molecule has 7 nitrogen and oxygen atoms in total. The van der Waals surface area contributed by atoms with Gasteiger partial charge in [-0.2, -0.15) is 5.10 Å². The number of carbonyl (C=O) groups is 2. The third kappa shape index (κ3) is 2.98. The molecular weight excluding hydrogens is 284 g/mol. The van der Waals surface area contributed by atoms with Gasteiger partial charge in [0.15, 0.2) is 0 Å². The molecule has 1 saturated heterocycles. The van der Waals surface area contributed by atoms with Crippen LogP contribution >= 0.6 is 0 Å². The average molecular weight is 306 g/mol. The predicted molar refractivity (Wildman–Crippen MR) is 77.9 cm³/mol. The lowest BCUT2D eigenvalue weighted by atomic mass is 9.84. The van der Waals surface area contributed by atoms with Crippen molar-refractivity contribution < 1.29 is 14.7 Å². The summed E-state index contributed by atoms with van der Waals surface area (Å²) < 4.78 is 1.69. The summed E-state index contributed by atoms with van der Waals surface area (Å²) in [5.74, 6) is -0.518. The first kappa shape index (κ1) is 15.0. The maximum absolute atomic E-state index is 12.6. The van der Waals surface area contributed by atoms with Crippen molar-refractivity contribution in [3.8, 4) is 0 Å². The van der Waals surface area contributed by atoms with E-state index < -0.39 is 12.0 Å². The van der Waals surface area contributed by atoms with Crippen molar-refractivity contribution in [2.75, 3.05) is 0 Å². The Balaban J connectivity index is 1.61. The summed E-state index contributed by atoms with van der Waals surface area (Å²) in [6, 6.07) is -0.499. The van der Waals surface area contributed by atoms with Crippen LogP contribution in [0.4, 0.5) is 0 Å². The monoisotopic (exact) mass is 306 g/mol. The van der Waals surface area contributed by atoms with Crippen molar-refractivity contribution in [3.05, 3.63) is 12.7 Å². The molecule has 1 aromatic heterocycles. The van der Waals surface area contributed by atoms with Crippen molar-refractivity contribution >= 4 is 11.9 Å². The number of hydrogen-bond acceptors (Lipinski definition) is 4. The highest BCUT2D eigenvalue weighted by Gasteiger charge is 2.47. The Morgan fingerprint density at radius 2 is 2.09 bits per heavy atom. The molecule has 1 aliphatic carbocycles. The van der Waals surface area contributed by atoms with E-state index in [1.54, 1.807) is 15.9 Å². The number of aromatic nitrogens is 3. The summed E-state index contributed by atoms with van der Waals surface area (Å²) in [6.07, 6.45) is 8.98. The number of aliphatic carboxylic acids is 1. The number of carbonyl (C=O) groups excluding carboxylic acids is 1. The highest BCUT2D eigenvalue weighted by atomic mass is 16.4. The van der Waals surface area contributed by atoms with Crippen LogP contribution in [0, 0.1) is 5.92 Å². The van der Waals surface area contributed by atoms with Gasteiger partial charge in [0.25, 0.3) is 0 Å². The molecule has 3 rings (SSSR count). The first-order valence-electron chi connectivity index (χ1n) is 8.03. The molecule has 0 radical (unpaired) electrons. The SMILES string of the molecule is O=C(O)[C@@H]1C[C@@H]2CCCC[C@@H]2N1C(=O)CCCn1cncn1. The quantitative estimate of drug-likeness (QED) is 0.886. The largest absolute Gasteiger partial charge is 0.480 e. The lowest BCUT2D eigenvalue weighted by Gasteiger charge is -2.33. The van der Waals surface area contributed by atoms with Crippen molar-refractivity contribution in [3.63, 3.8) is 0 Å². The molecule has 22 heavy (non-hydrogen) atoms. The minimum atomic E-state index is -0.862. The topological polar surface area (TPSA) is 88.3 Å². The molecule has 0 unspecified atom stereocenters. The Morgan fingerprint density at radius 3 is 2.82 bits per heavy atom. The normalized spacial score (nSPS) is 27.6. The van der Waals surface area contributed by atoms with E-state index in [1.807, 2.05) is 0 Å². The van der Waals surface area contributed by atoms with Crippen LogP contribution in [-0.2, 0) is 16.1 Å². The molecule has 0 spiro atoms. The van der Waals surface area contributed by atoms with Crippen LogP contribution in [-0.4, -0.2) is 48.7 Å². The molecule has 120 valence electrons. The zero-order valence-electron chi connectivity index (χ0n) is 12.6. The molecule has 2 heterocycles. The van der Waals surface area contributed by atoms with Crippen LogP contribution in [0.15, 0.2) is 12.7 Å². The van der Waals surface area contributed by atoms with E-state index in [4.69, 9.17) is 0 Å². The fourth-order valence-corrected chi connectivity index (χ4v) is 3.91. The Kier molecular flexibility index (Phi) is 4.40. The third-order valence-electron chi connectivity index (χ3n) is 4.91.